The van der Waals surface area contributed by atoms with E-state index in [1.54, 1.807) is 31.2 Å². The van der Waals surface area contributed by atoms with E-state index in [4.69, 9.17) is 27.9 Å². The quantitative estimate of drug-likeness (QED) is 0.187. The molecule has 3 aromatic rings. The Hall–Kier alpha value is -3.78. The fourth-order valence-electron chi connectivity index (χ4n) is 5.26. The Morgan fingerprint density at radius 1 is 0.936 bits per heavy atom. The number of hydrogen-bond donors (Lipinski definition) is 2. The third-order valence-corrected chi connectivity index (χ3v) is 9.71. The lowest BCUT2D eigenvalue weighted by atomic mass is 9.93. The van der Waals surface area contributed by atoms with E-state index < -0.39 is 63.7 Å². The molecule has 0 saturated carbocycles. The highest BCUT2D eigenvalue weighted by Crippen LogP contribution is 2.37. The van der Waals surface area contributed by atoms with Crippen molar-refractivity contribution in [1.29, 1.82) is 0 Å². The molecule has 0 spiro atoms. The molecule has 2 amide bonds. The number of nitrogens with one attached hydrogen (secondary N) is 2. The van der Waals surface area contributed by atoms with Crippen LogP contribution in [0.4, 0.5) is 14.5 Å². The van der Waals surface area contributed by atoms with E-state index in [-0.39, 0.29) is 38.0 Å². The van der Waals surface area contributed by atoms with Crippen LogP contribution in [0.2, 0.25) is 10.0 Å². The number of benzene rings is 3. The van der Waals surface area contributed by atoms with Gasteiger partial charge in [0.2, 0.25) is 21.8 Å². The molecule has 1 atom stereocenters. The van der Waals surface area contributed by atoms with Crippen LogP contribution in [-0.2, 0) is 29.1 Å². The number of sulfonamides is 1. The molecule has 1 saturated heterocycles. The molecule has 252 valence electrons. The van der Waals surface area contributed by atoms with Crippen molar-refractivity contribution >= 4 is 56.7 Å². The summed E-state index contributed by atoms with van der Waals surface area (Å²) in [5, 5.41) is 5.81. The normalized spacial score (nSPS) is 14.3. The number of hydrogen-bond acceptors (Lipinski definition) is 7. The average molecular weight is 712 g/mol. The number of anilines is 1. The van der Waals surface area contributed by atoms with Crippen LogP contribution >= 0.6 is 23.2 Å². The first-order chi connectivity index (χ1) is 22.3. The van der Waals surface area contributed by atoms with E-state index >= 15 is 0 Å². The molecule has 1 aliphatic rings. The van der Waals surface area contributed by atoms with Gasteiger partial charge in [0.05, 0.1) is 30.1 Å². The molecular weight excluding hydrogens is 677 g/mol. The maximum Gasteiger partial charge on any atom is 0.328 e. The van der Waals surface area contributed by atoms with Gasteiger partial charge in [-0.1, -0.05) is 47.5 Å². The summed E-state index contributed by atoms with van der Waals surface area (Å²) in [6.45, 7) is 3.17. The summed E-state index contributed by atoms with van der Waals surface area (Å²) in [7, 11) is -4.26. The van der Waals surface area contributed by atoms with Gasteiger partial charge in [0, 0.05) is 35.7 Å². The second-order valence-corrected chi connectivity index (χ2v) is 13.8. The van der Waals surface area contributed by atoms with Gasteiger partial charge >= 0.3 is 5.97 Å². The van der Waals surface area contributed by atoms with Crippen molar-refractivity contribution in [2.45, 2.75) is 38.4 Å². The van der Waals surface area contributed by atoms with Crippen molar-refractivity contribution in [2.75, 3.05) is 36.3 Å². The van der Waals surface area contributed by atoms with Gasteiger partial charge in [0.1, 0.15) is 24.1 Å². The number of likely N-dealkylation sites (tertiary alicyclic amines) is 1. The molecule has 1 heterocycles. The molecule has 1 aliphatic heterocycles. The summed E-state index contributed by atoms with van der Waals surface area (Å²) < 4.78 is 61.9. The molecule has 15 heteroatoms. The second-order valence-electron chi connectivity index (χ2n) is 10.9. The first-order valence-electron chi connectivity index (χ1n) is 14.7. The Kier molecular flexibility index (Phi) is 12.2. The zero-order valence-corrected chi connectivity index (χ0v) is 27.9. The van der Waals surface area contributed by atoms with Crippen molar-refractivity contribution in [1.82, 2.24) is 15.5 Å². The van der Waals surface area contributed by atoms with E-state index in [1.807, 2.05) is 29.2 Å². The molecule has 2 N–H and O–H groups in total. The summed E-state index contributed by atoms with van der Waals surface area (Å²) in [6.07, 6.45) is -0.656. The van der Waals surface area contributed by atoms with E-state index in [1.165, 1.54) is 6.92 Å². The van der Waals surface area contributed by atoms with Gasteiger partial charge in [-0.15, -0.1) is 0 Å². The zero-order valence-electron chi connectivity index (χ0n) is 25.6. The Labute approximate surface area is 282 Å². The number of carbonyl (C=O) groups is 3. The van der Waals surface area contributed by atoms with E-state index in [0.717, 1.165) is 27.6 Å². The first-order valence-corrected chi connectivity index (χ1v) is 17.1. The molecule has 1 unspecified atom stereocenters. The first kappa shape index (κ1) is 36.1. The van der Waals surface area contributed by atoms with E-state index in [9.17, 15) is 31.6 Å². The Balaban J connectivity index is 1.48. The van der Waals surface area contributed by atoms with Gasteiger partial charge < -0.3 is 15.4 Å². The fourth-order valence-corrected chi connectivity index (χ4v) is 7.08. The lowest BCUT2D eigenvalue weighted by Crippen LogP contribution is -2.62. The summed E-state index contributed by atoms with van der Waals surface area (Å²) in [4.78, 5) is 38.2. The highest BCUT2D eigenvalue weighted by Gasteiger charge is 2.42. The standard InChI is InChI=1S/C32H34Cl2F2N4O6S/c1-3-46-32(43)20(2)38-30(42)17-29(41)37-12-13-47(44,45)40(27-15-25(35)14-26(36)16-27)28-18-39(19-28)31(21-4-8-23(33)9-5-21)22-6-10-24(34)11-7-22/h4-11,14-16,20,28,31H,3,12-13,17-19H2,1-2H3,(H,37,41)(H,38,42). The van der Waals surface area contributed by atoms with Gasteiger partial charge in [0.15, 0.2) is 0 Å². The maximum absolute atomic E-state index is 14.3. The van der Waals surface area contributed by atoms with E-state index in [2.05, 4.69) is 10.6 Å². The Bertz CT molecular complexity index is 1620. The monoisotopic (exact) mass is 710 g/mol. The highest BCUT2D eigenvalue weighted by molar-refractivity contribution is 7.92. The number of esters is 1. The predicted octanol–water partition coefficient (Wildman–Crippen LogP) is 4.46. The van der Waals surface area contributed by atoms with Gasteiger partial charge in [0.25, 0.3) is 0 Å². The van der Waals surface area contributed by atoms with Crippen molar-refractivity contribution < 1.29 is 36.3 Å². The van der Waals surface area contributed by atoms with Gasteiger partial charge in [-0.2, -0.15) is 0 Å². The summed E-state index contributed by atoms with van der Waals surface area (Å²) in [5.74, 6) is -4.72. The molecule has 0 bridgehead atoms. The molecular formula is C32H34Cl2F2N4O6S. The predicted molar refractivity (Wildman–Crippen MR) is 175 cm³/mol. The number of ether oxygens (including phenoxy) is 1. The molecule has 4 rings (SSSR count). The van der Waals surface area contributed by atoms with Crippen LogP contribution in [-0.4, -0.2) is 75.2 Å². The van der Waals surface area contributed by atoms with Crippen LogP contribution in [0.3, 0.4) is 0 Å². The van der Waals surface area contributed by atoms with Crippen LogP contribution in [0, 0.1) is 11.6 Å². The average Bonchev–Trinajstić information content (AvgIpc) is 2.97. The minimum Gasteiger partial charge on any atom is -0.464 e. The molecule has 1 fully saturated rings. The molecule has 0 aromatic heterocycles. The number of nitrogens with zero attached hydrogens (tertiary/aromatic N) is 2. The maximum atomic E-state index is 14.3. The number of halogens is 4. The largest absolute Gasteiger partial charge is 0.464 e. The third kappa shape index (κ3) is 9.63. The van der Waals surface area contributed by atoms with Crippen LogP contribution in [0.25, 0.3) is 0 Å². The SMILES string of the molecule is CCOC(=O)C(C)NC(=O)CC(=O)NCCS(=O)(=O)N(c1cc(F)cc(F)c1)C1CN(C(c2ccc(Cl)cc2)c2ccc(Cl)cc2)C1. The van der Waals surface area contributed by atoms with E-state index in [0.29, 0.717) is 16.1 Å². The number of amides is 2. The van der Waals surface area contributed by atoms with Crippen molar-refractivity contribution in [3.63, 3.8) is 0 Å². The Morgan fingerprint density at radius 3 is 1.98 bits per heavy atom. The van der Waals surface area contributed by atoms with Crippen molar-refractivity contribution in [3.05, 3.63) is 99.5 Å². The highest BCUT2D eigenvalue weighted by atomic mass is 35.5. The van der Waals surface area contributed by atoms with Crippen LogP contribution in [0.15, 0.2) is 66.7 Å². The minimum atomic E-state index is -4.26. The summed E-state index contributed by atoms with van der Waals surface area (Å²) in [6, 6.07) is 15.0. The third-order valence-electron chi connectivity index (χ3n) is 7.38. The number of rotatable bonds is 14. The van der Waals surface area contributed by atoms with Crippen LogP contribution < -0.4 is 14.9 Å². The second kappa shape index (κ2) is 15.9. The number of carbonyl (C=O) groups excluding carboxylic acids is 3. The molecule has 0 radical (unpaired) electrons. The topological polar surface area (TPSA) is 125 Å². The van der Waals surface area contributed by atoms with Gasteiger partial charge in [-0.25, -0.2) is 22.0 Å². The molecule has 3 aromatic carbocycles. The molecule has 10 nitrogen and oxygen atoms in total. The van der Waals surface area contributed by atoms with Crippen molar-refractivity contribution in [2.24, 2.45) is 0 Å². The minimum absolute atomic E-state index is 0.122. The van der Waals surface area contributed by atoms with Crippen molar-refractivity contribution in [3.8, 4) is 0 Å². The van der Waals surface area contributed by atoms with Gasteiger partial charge in [-0.05, 0) is 61.4 Å². The summed E-state index contributed by atoms with van der Waals surface area (Å²) in [5.41, 5.74) is 1.59. The zero-order chi connectivity index (χ0) is 34.3. The molecule has 0 aliphatic carbocycles. The Morgan fingerprint density at radius 2 is 1.47 bits per heavy atom. The lowest BCUT2D eigenvalue weighted by molar-refractivity contribution is -0.147. The fraction of sp³-hybridized carbons (Fsp3) is 0.344. The molecule has 47 heavy (non-hydrogen) atoms. The summed E-state index contributed by atoms with van der Waals surface area (Å²) >= 11 is 12.2. The van der Waals surface area contributed by atoms with Gasteiger partial charge in [-0.3, -0.25) is 18.8 Å². The van der Waals surface area contributed by atoms with Crippen LogP contribution in [0.1, 0.15) is 37.4 Å². The smallest absolute Gasteiger partial charge is 0.328 e. The van der Waals surface area contributed by atoms with Crippen LogP contribution in [0.5, 0.6) is 0 Å². The lowest BCUT2D eigenvalue weighted by Gasteiger charge is -2.49.